The molecule has 5 heteroatoms. The minimum Gasteiger partial charge on any atom is -0.452 e. The van der Waals surface area contributed by atoms with Crippen LogP contribution in [0.5, 0.6) is 0 Å². The van der Waals surface area contributed by atoms with Gasteiger partial charge in [-0.3, -0.25) is 0 Å². The van der Waals surface area contributed by atoms with Gasteiger partial charge in [0.15, 0.2) is 11.7 Å². The molecule has 3 aromatic carbocycles. The Morgan fingerprint density at radius 3 is 1.59 bits per heavy atom. The van der Waals surface area contributed by atoms with Crippen LogP contribution in [0.2, 0.25) is 0 Å². The van der Waals surface area contributed by atoms with E-state index in [9.17, 15) is 4.79 Å². The lowest BCUT2D eigenvalue weighted by Crippen LogP contribution is -2.40. The second-order valence-electron chi connectivity index (χ2n) is 8.05. The van der Waals surface area contributed by atoms with Gasteiger partial charge in [-0.2, -0.15) is 0 Å². The van der Waals surface area contributed by atoms with Crippen molar-refractivity contribution in [2.45, 2.75) is 37.9 Å². The molecule has 0 spiro atoms. The average Bonchev–Trinajstić information content (AvgIpc) is 3.15. The molecule has 0 N–H and O–H groups in total. The number of benzene rings is 3. The summed E-state index contributed by atoms with van der Waals surface area (Å²) >= 11 is 0. The van der Waals surface area contributed by atoms with Gasteiger partial charge in [0.1, 0.15) is 0 Å². The van der Waals surface area contributed by atoms with Gasteiger partial charge in [-0.1, -0.05) is 91.0 Å². The molecule has 4 rings (SSSR count). The van der Waals surface area contributed by atoms with Crippen LogP contribution in [0.3, 0.4) is 0 Å². The van der Waals surface area contributed by atoms with Crippen molar-refractivity contribution in [1.29, 1.82) is 0 Å². The molecule has 1 unspecified atom stereocenters. The van der Waals surface area contributed by atoms with Crippen LogP contribution >= 0.6 is 0 Å². The van der Waals surface area contributed by atoms with Crippen LogP contribution in [0.1, 0.15) is 23.1 Å². The third-order valence-electron chi connectivity index (χ3n) is 5.38. The second kappa shape index (κ2) is 11.0. The molecule has 1 saturated heterocycles. The summed E-state index contributed by atoms with van der Waals surface area (Å²) in [4.78, 5) is 12.6. The number of esters is 1. The van der Waals surface area contributed by atoms with E-state index in [0.717, 1.165) is 16.7 Å². The van der Waals surface area contributed by atoms with Gasteiger partial charge in [-0.25, -0.2) is 4.79 Å². The van der Waals surface area contributed by atoms with E-state index in [4.69, 9.17) is 18.9 Å². The van der Waals surface area contributed by atoms with Crippen molar-refractivity contribution >= 4 is 5.97 Å². The van der Waals surface area contributed by atoms with Crippen molar-refractivity contribution in [3.05, 3.63) is 108 Å². The molecule has 32 heavy (non-hydrogen) atoms. The Morgan fingerprint density at radius 1 is 0.688 bits per heavy atom. The van der Waals surface area contributed by atoms with Gasteiger partial charge < -0.3 is 18.9 Å². The normalized spacial score (nSPS) is 17.2. The fourth-order valence-corrected chi connectivity index (χ4v) is 3.72. The Morgan fingerprint density at radius 2 is 1.12 bits per heavy atom. The molecule has 0 amide bonds. The zero-order valence-corrected chi connectivity index (χ0v) is 18.0. The van der Waals surface area contributed by atoms with Crippen molar-refractivity contribution in [1.82, 2.24) is 0 Å². The number of hydrogen-bond donors (Lipinski definition) is 0. The summed E-state index contributed by atoms with van der Waals surface area (Å²) in [5.41, 5.74) is 2.27. The van der Waals surface area contributed by atoms with E-state index in [1.807, 2.05) is 91.0 Å². The molecule has 1 aliphatic rings. The van der Waals surface area contributed by atoms with E-state index in [2.05, 4.69) is 0 Å². The number of rotatable bonds is 11. The van der Waals surface area contributed by atoms with E-state index >= 15 is 0 Å². The monoisotopic (exact) mass is 432 g/mol. The van der Waals surface area contributed by atoms with Gasteiger partial charge in [0.2, 0.25) is 0 Å². The first kappa shape index (κ1) is 22.2. The minimum absolute atomic E-state index is 0.244. The molecule has 3 aromatic rings. The van der Waals surface area contributed by atoms with E-state index in [-0.39, 0.29) is 19.2 Å². The standard InChI is InChI=1S/C27H28O5/c28-26-25(31-19-24-14-8-3-9-15-24)16-27(32-26,20-29-17-22-10-4-1-5-11-22)21-30-18-23-12-6-2-7-13-23/h1-15,25H,16-21H2. The van der Waals surface area contributed by atoms with Crippen LogP contribution in [-0.4, -0.2) is 30.9 Å². The maximum absolute atomic E-state index is 12.6. The quantitative estimate of drug-likeness (QED) is 0.412. The third-order valence-corrected chi connectivity index (χ3v) is 5.38. The maximum Gasteiger partial charge on any atom is 0.336 e. The highest BCUT2D eigenvalue weighted by molar-refractivity contribution is 5.77. The molecule has 0 radical (unpaired) electrons. The van der Waals surface area contributed by atoms with Crippen molar-refractivity contribution in [2.75, 3.05) is 13.2 Å². The van der Waals surface area contributed by atoms with Gasteiger partial charge in [-0.05, 0) is 16.7 Å². The Bertz CT molecular complexity index is 914. The first-order valence-electron chi connectivity index (χ1n) is 10.8. The smallest absolute Gasteiger partial charge is 0.336 e. The highest BCUT2D eigenvalue weighted by Crippen LogP contribution is 2.31. The molecule has 5 nitrogen and oxygen atoms in total. The van der Waals surface area contributed by atoms with Crippen LogP contribution in [0.15, 0.2) is 91.0 Å². The molecule has 1 fully saturated rings. The summed E-state index contributed by atoms with van der Waals surface area (Å²) in [6.07, 6.45) is -0.252. The summed E-state index contributed by atoms with van der Waals surface area (Å²) in [5, 5.41) is 0. The first-order valence-corrected chi connectivity index (χ1v) is 10.8. The van der Waals surface area contributed by atoms with Gasteiger partial charge in [0, 0.05) is 6.42 Å². The van der Waals surface area contributed by atoms with E-state index in [1.54, 1.807) is 0 Å². The van der Waals surface area contributed by atoms with E-state index in [0.29, 0.717) is 26.2 Å². The Balaban J connectivity index is 1.37. The molecule has 0 aliphatic carbocycles. The third kappa shape index (κ3) is 6.26. The van der Waals surface area contributed by atoms with E-state index in [1.165, 1.54) is 0 Å². The highest BCUT2D eigenvalue weighted by Gasteiger charge is 2.48. The minimum atomic E-state index is -0.873. The molecule has 0 saturated carbocycles. The first-order chi connectivity index (χ1) is 15.7. The predicted octanol–water partition coefficient (Wildman–Crippen LogP) is 4.69. The molecule has 0 bridgehead atoms. The SMILES string of the molecule is O=C1OC(COCc2ccccc2)(COCc2ccccc2)CC1OCc1ccccc1. The van der Waals surface area contributed by atoms with Gasteiger partial charge in [0.25, 0.3) is 0 Å². The van der Waals surface area contributed by atoms with Crippen LogP contribution in [0.4, 0.5) is 0 Å². The van der Waals surface area contributed by atoms with Gasteiger partial charge >= 0.3 is 5.97 Å². The zero-order valence-electron chi connectivity index (χ0n) is 18.0. The average molecular weight is 433 g/mol. The lowest BCUT2D eigenvalue weighted by molar-refractivity contribution is -0.165. The Kier molecular flexibility index (Phi) is 7.67. The fraction of sp³-hybridized carbons (Fsp3) is 0.296. The van der Waals surface area contributed by atoms with Crippen LogP contribution in [0.25, 0.3) is 0 Å². The van der Waals surface area contributed by atoms with E-state index < -0.39 is 11.7 Å². The highest BCUT2D eigenvalue weighted by atomic mass is 16.6. The fourth-order valence-electron chi connectivity index (χ4n) is 3.72. The van der Waals surface area contributed by atoms with Crippen molar-refractivity contribution < 1.29 is 23.7 Å². The molecule has 0 aromatic heterocycles. The topological polar surface area (TPSA) is 54.0 Å². The molecule has 166 valence electrons. The second-order valence-corrected chi connectivity index (χ2v) is 8.05. The lowest BCUT2D eigenvalue weighted by Gasteiger charge is -2.27. The maximum atomic E-state index is 12.6. The molecule has 1 heterocycles. The molecular weight excluding hydrogens is 404 g/mol. The number of cyclic esters (lactones) is 1. The lowest BCUT2D eigenvalue weighted by atomic mass is 10.0. The van der Waals surface area contributed by atoms with Crippen LogP contribution in [-0.2, 0) is 43.6 Å². The zero-order chi connectivity index (χ0) is 22.1. The molecule has 1 aliphatic heterocycles. The summed E-state index contributed by atoms with van der Waals surface area (Å²) in [7, 11) is 0. The summed E-state index contributed by atoms with van der Waals surface area (Å²) in [6.45, 7) is 1.72. The van der Waals surface area contributed by atoms with Crippen molar-refractivity contribution in [3.63, 3.8) is 0 Å². The molecule has 1 atom stereocenters. The van der Waals surface area contributed by atoms with Crippen molar-refractivity contribution in [2.24, 2.45) is 0 Å². The Hall–Kier alpha value is -2.99. The summed E-state index contributed by atoms with van der Waals surface area (Å²) < 4.78 is 23.6. The van der Waals surface area contributed by atoms with Crippen LogP contribution in [0, 0.1) is 0 Å². The number of hydrogen-bond acceptors (Lipinski definition) is 5. The van der Waals surface area contributed by atoms with Gasteiger partial charge in [-0.15, -0.1) is 0 Å². The van der Waals surface area contributed by atoms with Gasteiger partial charge in [0.05, 0.1) is 33.0 Å². The van der Waals surface area contributed by atoms with Crippen LogP contribution < -0.4 is 0 Å². The summed E-state index contributed by atoms with van der Waals surface area (Å²) in [6, 6.07) is 29.6. The number of ether oxygens (including phenoxy) is 4. The molecular formula is C27H28O5. The number of carbonyl (C=O) groups is 1. The largest absolute Gasteiger partial charge is 0.452 e. The number of carbonyl (C=O) groups excluding carboxylic acids is 1. The predicted molar refractivity (Wildman–Crippen MR) is 121 cm³/mol. The van der Waals surface area contributed by atoms with Crippen molar-refractivity contribution in [3.8, 4) is 0 Å². The Labute approximate surface area is 188 Å². The summed E-state index contributed by atoms with van der Waals surface area (Å²) in [5.74, 6) is -0.368.